The van der Waals surface area contributed by atoms with Gasteiger partial charge in [-0.25, -0.2) is 0 Å². The molecule has 3 aromatic carbocycles. The fraction of sp³-hybridized carbons (Fsp3) is 0.362. The summed E-state index contributed by atoms with van der Waals surface area (Å²) < 4.78 is 22.9. The molecule has 298 valence electrons. The van der Waals surface area contributed by atoms with Crippen LogP contribution in [-0.4, -0.2) is 22.0 Å². The SMILES string of the molecule is CCCCCC(CC)COc1ccc(-c2ccc(-c3c4c(c(-c5ccc(-c6ccc(OCC(CC)CCCC)cc6)s5)c5nsnc35)SC(=C(C#N)C#N)S4)s2)cc1. The van der Waals surface area contributed by atoms with Crippen LogP contribution >= 0.6 is 57.9 Å². The van der Waals surface area contributed by atoms with Gasteiger partial charge in [0.05, 0.1) is 29.2 Å². The van der Waals surface area contributed by atoms with Crippen LogP contribution in [0.3, 0.4) is 0 Å². The van der Waals surface area contributed by atoms with Gasteiger partial charge < -0.3 is 9.47 Å². The molecule has 11 heteroatoms. The minimum Gasteiger partial charge on any atom is -0.493 e. The van der Waals surface area contributed by atoms with Crippen molar-refractivity contribution in [2.45, 2.75) is 95.3 Å². The lowest BCUT2D eigenvalue weighted by Crippen LogP contribution is -2.11. The van der Waals surface area contributed by atoms with E-state index in [0.717, 1.165) is 100 Å². The van der Waals surface area contributed by atoms with Crippen molar-refractivity contribution in [2.24, 2.45) is 11.8 Å². The highest BCUT2D eigenvalue weighted by Gasteiger charge is 2.33. The van der Waals surface area contributed by atoms with Gasteiger partial charge in [0, 0.05) is 40.4 Å². The molecule has 1 aliphatic rings. The lowest BCUT2D eigenvalue weighted by molar-refractivity contribution is 0.232. The van der Waals surface area contributed by atoms with Crippen LogP contribution in [0.4, 0.5) is 0 Å². The van der Waals surface area contributed by atoms with Gasteiger partial charge in [0.1, 0.15) is 40.2 Å². The van der Waals surface area contributed by atoms with Gasteiger partial charge in [-0.15, -0.1) is 22.7 Å². The first-order valence-corrected chi connectivity index (χ1v) is 24.4. The number of allylic oxidation sites excluding steroid dienone is 1. The number of ether oxygens (including phenoxy) is 2. The molecule has 6 aromatic rings. The zero-order valence-electron chi connectivity index (χ0n) is 33.5. The number of rotatable bonds is 19. The summed E-state index contributed by atoms with van der Waals surface area (Å²) in [4.78, 5) is 6.46. The summed E-state index contributed by atoms with van der Waals surface area (Å²) in [6.45, 7) is 10.5. The first-order valence-electron chi connectivity index (χ1n) is 20.4. The van der Waals surface area contributed by atoms with Crippen molar-refractivity contribution in [3.63, 3.8) is 0 Å². The van der Waals surface area contributed by atoms with E-state index in [2.05, 4.69) is 113 Å². The smallest absolute Gasteiger partial charge is 0.150 e. The number of fused-ring (bicyclic) bond motifs is 2. The molecule has 0 N–H and O–H groups in total. The van der Waals surface area contributed by atoms with Crippen molar-refractivity contribution in [3.8, 4) is 65.4 Å². The summed E-state index contributed by atoms with van der Waals surface area (Å²) in [6.07, 6.45) is 10.9. The lowest BCUT2D eigenvalue weighted by atomic mass is 10.00. The fourth-order valence-electron chi connectivity index (χ4n) is 7.14. The quantitative estimate of drug-likeness (QED) is 0.0587. The topological polar surface area (TPSA) is 91.8 Å². The lowest BCUT2D eigenvalue weighted by Gasteiger charge is -2.16. The highest BCUT2D eigenvalue weighted by atomic mass is 32.2. The molecule has 0 bridgehead atoms. The molecule has 6 nitrogen and oxygen atoms in total. The van der Waals surface area contributed by atoms with E-state index in [1.54, 1.807) is 22.7 Å². The summed E-state index contributed by atoms with van der Waals surface area (Å²) in [5.74, 6) is 2.96. The number of hydrogen-bond donors (Lipinski definition) is 0. The molecule has 2 unspecified atom stereocenters. The predicted octanol–water partition coefficient (Wildman–Crippen LogP) is 15.5. The Kier molecular flexibility index (Phi) is 14.7. The Morgan fingerprint density at radius 2 is 1.03 bits per heavy atom. The molecule has 58 heavy (non-hydrogen) atoms. The maximum atomic E-state index is 9.92. The van der Waals surface area contributed by atoms with E-state index < -0.39 is 0 Å². The van der Waals surface area contributed by atoms with Crippen LogP contribution in [0.15, 0.2) is 92.4 Å². The molecule has 0 fully saturated rings. The van der Waals surface area contributed by atoms with Crippen LogP contribution in [0.1, 0.15) is 85.5 Å². The van der Waals surface area contributed by atoms with Gasteiger partial charge in [-0.05, 0) is 109 Å². The van der Waals surface area contributed by atoms with Crippen molar-refractivity contribution in [2.75, 3.05) is 13.2 Å². The second-order valence-electron chi connectivity index (χ2n) is 14.6. The maximum Gasteiger partial charge on any atom is 0.150 e. The molecule has 1 aliphatic heterocycles. The first-order chi connectivity index (χ1) is 28.5. The van der Waals surface area contributed by atoms with E-state index in [0.29, 0.717) is 16.1 Å². The minimum atomic E-state index is 0.122. The zero-order chi connectivity index (χ0) is 40.4. The summed E-state index contributed by atoms with van der Waals surface area (Å²) in [6, 6.07) is 29.7. The molecular weight excluding hydrogens is 813 g/mol. The second kappa shape index (κ2) is 20.2. The highest BCUT2D eigenvalue weighted by Crippen LogP contribution is 2.62. The summed E-state index contributed by atoms with van der Waals surface area (Å²) in [7, 11) is 0. The molecule has 0 saturated carbocycles. The third-order valence-corrected chi connectivity index (χ3v) is 16.2. The van der Waals surface area contributed by atoms with Crippen LogP contribution in [0, 0.1) is 34.5 Å². The third-order valence-electron chi connectivity index (χ3n) is 10.7. The summed E-state index contributed by atoms with van der Waals surface area (Å²) in [5, 5.41) is 19.8. The van der Waals surface area contributed by atoms with Gasteiger partial charge in [0.2, 0.25) is 0 Å². The molecule has 0 radical (unpaired) electrons. The Bertz CT molecular complexity index is 2420. The van der Waals surface area contributed by atoms with Gasteiger partial charge in [0.15, 0.2) is 0 Å². The van der Waals surface area contributed by atoms with Crippen LogP contribution in [0.2, 0.25) is 0 Å². The van der Waals surface area contributed by atoms with Crippen LogP contribution < -0.4 is 9.47 Å². The van der Waals surface area contributed by atoms with Crippen LogP contribution in [0.25, 0.3) is 52.8 Å². The largest absolute Gasteiger partial charge is 0.493 e. The van der Waals surface area contributed by atoms with Crippen molar-refractivity contribution in [1.29, 1.82) is 10.5 Å². The van der Waals surface area contributed by atoms with E-state index in [4.69, 9.17) is 18.2 Å². The van der Waals surface area contributed by atoms with Gasteiger partial charge in [0.25, 0.3) is 0 Å². The Morgan fingerprint density at radius 3 is 1.47 bits per heavy atom. The molecule has 0 amide bonds. The summed E-state index contributed by atoms with van der Waals surface area (Å²) >= 11 is 7.65. The molecule has 7 rings (SSSR count). The second-order valence-corrected chi connectivity index (χ2v) is 19.6. The van der Waals surface area contributed by atoms with Gasteiger partial charge in [-0.1, -0.05) is 96.2 Å². The number of nitriles is 2. The number of nitrogens with zero attached hydrogens (tertiary/aromatic N) is 4. The van der Waals surface area contributed by atoms with Crippen LogP contribution in [-0.2, 0) is 0 Å². The number of hydrogen-bond acceptors (Lipinski definition) is 11. The Labute approximate surface area is 363 Å². The van der Waals surface area contributed by atoms with Gasteiger partial charge in [-0.3, -0.25) is 0 Å². The normalized spacial score (nSPS) is 13.2. The van der Waals surface area contributed by atoms with Crippen LogP contribution in [0.5, 0.6) is 11.5 Å². The average molecular weight is 861 g/mol. The average Bonchev–Trinajstić information content (AvgIpc) is 4.10. The number of aromatic nitrogens is 2. The standard InChI is InChI=1S/C47H48N4O2S5/c1-5-9-11-13-31(8-4)29-53-36-20-16-33(17-21-36)38-23-25-40(55-38)42-44-43(50-58-51-44)41(45-46(42)57-47(56-45)34(26-48)27-49)39-24-22-37(54-39)32-14-18-35(19-15-32)52-28-30(7-3)12-10-6-2/h14-25,30-31H,5-13,28-29H2,1-4H3. The molecule has 0 aliphatic carbocycles. The first kappa shape index (κ1) is 42.0. The van der Waals surface area contributed by atoms with Crippen molar-refractivity contribution >= 4 is 69.0 Å². The Morgan fingerprint density at radius 1 is 0.586 bits per heavy atom. The Hall–Kier alpha value is -4.10. The zero-order valence-corrected chi connectivity index (χ0v) is 37.6. The van der Waals surface area contributed by atoms with E-state index in [9.17, 15) is 10.5 Å². The molecule has 0 spiro atoms. The highest BCUT2D eigenvalue weighted by molar-refractivity contribution is 8.25. The van der Waals surface area contributed by atoms with E-state index in [-0.39, 0.29) is 5.57 Å². The monoisotopic (exact) mass is 860 g/mol. The number of thiophene rings is 2. The van der Waals surface area contributed by atoms with Gasteiger partial charge in [-0.2, -0.15) is 19.3 Å². The molecule has 3 aromatic heterocycles. The third kappa shape index (κ3) is 9.51. The van der Waals surface area contributed by atoms with Crippen molar-refractivity contribution < 1.29 is 9.47 Å². The predicted molar refractivity (Wildman–Crippen MR) is 247 cm³/mol. The van der Waals surface area contributed by atoms with E-state index >= 15 is 0 Å². The fourth-order valence-corrected chi connectivity index (χ4v) is 12.6. The number of thioether (sulfide) groups is 2. The maximum absolute atomic E-state index is 9.92. The molecular formula is C47H48N4O2S5. The minimum absolute atomic E-state index is 0.122. The van der Waals surface area contributed by atoms with Gasteiger partial charge >= 0.3 is 0 Å². The van der Waals surface area contributed by atoms with E-state index in [1.807, 2.05) is 0 Å². The Balaban J connectivity index is 1.17. The van der Waals surface area contributed by atoms with Crippen molar-refractivity contribution in [1.82, 2.24) is 8.75 Å². The molecule has 0 saturated heterocycles. The molecule has 4 heterocycles. The summed E-state index contributed by atoms with van der Waals surface area (Å²) in [5.41, 5.74) is 6.05. The molecule has 2 atom stereocenters. The van der Waals surface area contributed by atoms with E-state index in [1.165, 1.54) is 80.2 Å². The van der Waals surface area contributed by atoms with Crippen molar-refractivity contribution in [3.05, 3.63) is 82.6 Å². The number of benzene rings is 3. The number of unbranched alkanes of at least 4 members (excludes halogenated alkanes) is 3.